The van der Waals surface area contributed by atoms with Gasteiger partial charge in [-0.25, -0.2) is 4.68 Å². The van der Waals surface area contributed by atoms with Gasteiger partial charge in [0.1, 0.15) is 12.4 Å². The number of carbonyl (C=O) groups excluding carboxylic acids is 1. The van der Waals surface area contributed by atoms with Gasteiger partial charge in [0, 0.05) is 6.42 Å². The summed E-state index contributed by atoms with van der Waals surface area (Å²) in [6.45, 7) is 1.82. The summed E-state index contributed by atoms with van der Waals surface area (Å²) in [5.41, 5.74) is 1.02. The maximum absolute atomic E-state index is 12.4. The first kappa shape index (κ1) is 15.1. The molecule has 0 bridgehead atoms. The van der Waals surface area contributed by atoms with Crippen molar-refractivity contribution in [2.24, 2.45) is 0 Å². The summed E-state index contributed by atoms with van der Waals surface area (Å²) in [5, 5.41) is 23.0. The number of hydrogen-bond donors (Lipinski definition) is 2. The summed E-state index contributed by atoms with van der Waals surface area (Å²) in [7, 11) is 0. The normalized spacial score (nSPS) is 13.6. The Bertz CT molecular complexity index is 540. The molecule has 1 aromatic heterocycles. The van der Waals surface area contributed by atoms with Crippen LogP contribution in [-0.4, -0.2) is 43.9 Å². The zero-order chi connectivity index (χ0) is 15.1. The van der Waals surface area contributed by atoms with Gasteiger partial charge in [-0.05, 0) is 22.4 Å². The molecule has 7 heteroatoms. The first-order valence-corrected chi connectivity index (χ1v) is 6.92. The Morgan fingerprint density at radius 1 is 1.38 bits per heavy atom. The van der Waals surface area contributed by atoms with Crippen molar-refractivity contribution in [3.63, 3.8) is 0 Å². The number of hydrogen-bond acceptors (Lipinski definition) is 5. The van der Waals surface area contributed by atoms with Crippen molar-refractivity contribution in [2.75, 3.05) is 6.61 Å². The summed E-state index contributed by atoms with van der Waals surface area (Å²) < 4.78 is 1.44. The van der Waals surface area contributed by atoms with Gasteiger partial charge in [-0.15, -0.1) is 5.10 Å². The lowest BCUT2D eigenvalue weighted by atomic mass is 10.0. The number of nitrogens with zero attached hydrogens (tertiary/aromatic N) is 4. The van der Waals surface area contributed by atoms with Crippen molar-refractivity contribution in [3.05, 3.63) is 42.2 Å². The molecule has 0 aliphatic rings. The van der Waals surface area contributed by atoms with Crippen LogP contribution in [0.2, 0.25) is 0 Å². The standard InChI is InChI=1S/C14H19N5O2/c1-2-12(9-20)16-14(21)13(19-10-15-17-18-19)8-11-6-4-3-5-7-11/h3-7,10,12-13,20H,2,8-9H2,1H3,(H,16,21). The maximum atomic E-state index is 12.4. The molecule has 0 saturated carbocycles. The number of aliphatic hydroxyl groups excluding tert-OH is 1. The van der Waals surface area contributed by atoms with Crippen molar-refractivity contribution in [3.8, 4) is 0 Å². The second-order valence-corrected chi connectivity index (χ2v) is 4.79. The number of aliphatic hydroxyl groups is 1. The number of rotatable bonds is 7. The van der Waals surface area contributed by atoms with Gasteiger partial charge >= 0.3 is 0 Å². The number of carbonyl (C=O) groups is 1. The quantitative estimate of drug-likeness (QED) is 0.767. The Hall–Kier alpha value is -2.28. The fraction of sp³-hybridized carbons (Fsp3) is 0.429. The van der Waals surface area contributed by atoms with Crippen molar-refractivity contribution in [2.45, 2.75) is 31.8 Å². The first-order chi connectivity index (χ1) is 10.2. The van der Waals surface area contributed by atoms with Gasteiger partial charge in [0.2, 0.25) is 5.91 Å². The van der Waals surface area contributed by atoms with Crippen LogP contribution in [0.5, 0.6) is 0 Å². The molecule has 0 radical (unpaired) electrons. The van der Waals surface area contributed by atoms with Crippen LogP contribution in [0.4, 0.5) is 0 Å². The van der Waals surface area contributed by atoms with Crippen LogP contribution >= 0.6 is 0 Å². The molecule has 2 atom stereocenters. The van der Waals surface area contributed by atoms with Crippen LogP contribution in [0.25, 0.3) is 0 Å². The van der Waals surface area contributed by atoms with E-state index in [1.165, 1.54) is 11.0 Å². The lowest BCUT2D eigenvalue weighted by molar-refractivity contribution is -0.125. The van der Waals surface area contributed by atoms with Crippen LogP contribution in [0.3, 0.4) is 0 Å². The number of nitrogens with one attached hydrogen (secondary N) is 1. The third-order valence-electron chi connectivity index (χ3n) is 3.32. The third-order valence-corrected chi connectivity index (χ3v) is 3.32. The molecule has 0 spiro atoms. The maximum Gasteiger partial charge on any atom is 0.245 e. The molecule has 0 fully saturated rings. The molecule has 1 amide bonds. The Morgan fingerprint density at radius 2 is 2.14 bits per heavy atom. The predicted molar refractivity (Wildman–Crippen MR) is 76.3 cm³/mol. The SMILES string of the molecule is CCC(CO)NC(=O)C(Cc1ccccc1)n1cnnn1. The molecule has 0 aliphatic carbocycles. The minimum Gasteiger partial charge on any atom is -0.394 e. The molecule has 1 heterocycles. The molecule has 7 nitrogen and oxygen atoms in total. The smallest absolute Gasteiger partial charge is 0.245 e. The van der Waals surface area contributed by atoms with Gasteiger partial charge in [-0.2, -0.15) is 0 Å². The second-order valence-electron chi connectivity index (χ2n) is 4.79. The van der Waals surface area contributed by atoms with Crippen LogP contribution in [0.1, 0.15) is 24.9 Å². The highest BCUT2D eigenvalue weighted by Crippen LogP contribution is 2.13. The van der Waals surface area contributed by atoms with Gasteiger partial charge in [-0.3, -0.25) is 4.79 Å². The molecular weight excluding hydrogens is 270 g/mol. The minimum atomic E-state index is -0.539. The molecular formula is C14H19N5O2. The Balaban J connectivity index is 2.15. The van der Waals surface area contributed by atoms with E-state index in [-0.39, 0.29) is 18.6 Å². The topological polar surface area (TPSA) is 92.9 Å². The predicted octanol–water partition coefficient (Wildman–Crippen LogP) is 0.344. The summed E-state index contributed by atoms with van der Waals surface area (Å²) in [4.78, 5) is 12.4. The number of tetrazole rings is 1. The molecule has 0 saturated heterocycles. The lowest BCUT2D eigenvalue weighted by Crippen LogP contribution is -2.42. The van der Waals surface area contributed by atoms with Crippen molar-refractivity contribution >= 4 is 5.91 Å². The average Bonchev–Trinajstić information content (AvgIpc) is 3.05. The van der Waals surface area contributed by atoms with Crippen LogP contribution in [0, 0.1) is 0 Å². The molecule has 112 valence electrons. The van der Waals surface area contributed by atoms with E-state index in [4.69, 9.17) is 0 Å². The fourth-order valence-electron chi connectivity index (χ4n) is 2.03. The molecule has 2 N–H and O–H groups in total. The highest BCUT2D eigenvalue weighted by molar-refractivity contribution is 5.80. The Morgan fingerprint density at radius 3 is 2.71 bits per heavy atom. The largest absolute Gasteiger partial charge is 0.394 e. The summed E-state index contributed by atoms with van der Waals surface area (Å²) >= 11 is 0. The van der Waals surface area contributed by atoms with Gasteiger partial charge in [0.05, 0.1) is 12.6 Å². The van der Waals surface area contributed by atoms with Crippen molar-refractivity contribution in [1.82, 2.24) is 25.5 Å². The fourth-order valence-corrected chi connectivity index (χ4v) is 2.03. The summed E-state index contributed by atoms with van der Waals surface area (Å²) in [6.07, 6.45) is 2.57. The lowest BCUT2D eigenvalue weighted by Gasteiger charge is -2.20. The highest BCUT2D eigenvalue weighted by Gasteiger charge is 2.24. The van der Waals surface area contributed by atoms with E-state index in [0.717, 1.165) is 5.56 Å². The first-order valence-electron chi connectivity index (χ1n) is 6.92. The van der Waals surface area contributed by atoms with E-state index in [2.05, 4.69) is 20.8 Å². The van der Waals surface area contributed by atoms with Gasteiger partial charge in [0.15, 0.2) is 0 Å². The second kappa shape index (κ2) is 7.49. The molecule has 2 aromatic rings. The third kappa shape index (κ3) is 4.09. The Kier molecular flexibility index (Phi) is 5.39. The average molecular weight is 289 g/mol. The van der Waals surface area contributed by atoms with E-state index in [0.29, 0.717) is 12.8 Å². The zero-order valence-corrected chi connectivity index (χ0v) is 11.9. The summed E-state index contributed by atoms with van der Waals surface area (Å²) in [6, 6.07) is 8.88. The number of amides is 1. The number of benzene rings is 1. The van der Waals surface area contributed by atoms with E-state index >= 15 is 0 Å². The van der Waals surface area contributed by atoms with E-state index in [1.54, 1.807) is 0 Å². The molecule has 21 heavy (non-hydrogen) atoms. The van der Waals surface area contributed by atoms with Gasteiger partial charge in [0.25, 0.3) is 0 Å². The van der Waals surface area contributed by atoms with Gasteiger partial charge in [-0.1, -0.05) is 37.3 Å². The molecule has 2 rings (SSSR count). The van der Waals surface area contributed by atoms with Gasteiger partial charge < -0.3 is 10.4 Å². The Labute approximate surface area is 123 Å². The minimum absolute atomic E-state index is 0.0874. The van der Waals surface area contributed by atoms with E-state index in [1.807, 2.05) is 37.3 Å². The van der Waals surface area contributed by atoms with Crippen LogP contribution < -0.4 is 5.32 Å². The highest BCUT2D eigenvalue weighted by atomic mass is 16.3. The molecule has 0 aliphatic heterocycles. The van der Waals surface area contributed by atoms with Crippen LogP contribution in [-0.2, 0) is 11.2 Å². The number of aromatic nitrogens is 4. The summed E-state index contributed by atoms with van der Waals surface area (Å²) in [5.74, 6) is -0.202. The molecule has 1 aromatic carbocycles. The van der Waals surface area contributed by atoms with Crippen LogP contribution in [0.15, 0.2) is 36.7 Å². The monoisotopic (exact) mass is 289 g/mol. The van der Waals surface area contributed by atoms with E-state index in [9.17, 15) is 9.90 Å². The molecule has 2 unspecified atom stereocenters. The zero-order valence-electron chi connectivity index (χ0n) is 11.9. The van der Waals surface area contributed by atoms with Crippen molar-refractivity contribution in [1.29, 1.82) is 0 Å². The van der Waals surface area contributed by atoms with Crippen molar-refractivity contribution < 1.29 is 9.90 Å². The van der Waals surface area contributed by atoms with E-state index < -0.39 is 6.04 Å².